The van der Waals surface area contributed by atoms with E-state index in [1.165, 1.54) is 0 Å². The lowest BCUT2D eigenvalue weighted by Crippen LogP contribution is -1.99. The van der Waals surface area contributed by atoms with Crippen LogP contribution >= 0.6 is 0 Å². The Hall–Kier alpha value is -2.17. The van der Waals surface area contributed by atoms with E-state index in [9.17, 15) is 5.11 Å². The third-order valence-corrected chi connectivity index (χ3v) is 2.56. The van der Waals surface area contributed by atoms with Gasteiger partial charge in [-0.3, -0.25) is 4.68 Å². The van der Waals surface area contributed by atoms with Crippen molar-refractivity contribution in [3.05, 3.63) is 24.4 Å². The first-order chi connectivity index (χ1) is 8.15. The van der Waals surface area contributed by atoms with Crippen molar-refractivity contribution in [1.82, 2.24) is 9.78 Å². The molecule has 0 atom stereocenters. The van der Waals surface area contributed by atoms with E-state index < -0.39 is 0 Å². The number of hydrogen-bond donors (Lipinski definition) is 2. The molecule has 0 fully saturated rings. The van der Waals surface area contributed by atoms with Crippen LogP contribution in [0.3, 0.4) is 0 Å². The largest absolute Gasteiger partial charge is 0.507 e. The van der Waals surface area contributed by atoms with Crippen LogP contribution in [0.2, 0.25) is 0 Å². The van der Waals surface area contributed by atoms with E-state index in [1.54, 1.807) is 36.1 Å². The fraction of sp³-hybridized carbons (Fsp3) is 0.250. The molecule has 2 rings (SSSR count). The lowest BCUT2D eigenvalue weighted by Gasteiger charge is -2.11. The highest BCUT2D eigenvalue weighted by Crippen LogP contribution is 2.40. The van der Waals surface area contributed by atoms with Gasteiger partial charge in [0.1, 0.15) is 17.3 Å². The number of aryl methyl sites for hydroxylation is 1. The smallest absolute Gasteiger partial charge is 0.131 e. The minimum atomic E-state index is 0.135. The molecule has 1 aromatic heterocycles. The Balaban J connectivity index is 2.61. The number of ether oxygens (including phenoxy) is 1. The van der Waals surface area contributed by atoms with Crippen LogP contribution in [0.1, 0.15) is 6.92 Å². The molecule has 1 aromatic carbocycles. The number of nitrogen functional groups attached to an aromatic ring is 1. The first kappa shape index (κ1) is 11.3. The zero-order valence-corrected chi connectivity index (χ0v) is 9.84. The van der Waals surface area contributed by atoms with Gasteiger partial charge < -0.3 is 15.6 Å². The lowest BCUT2D eigenvalue weighted by atomic mass is 10.1. The van der Waals surface area contributed by atoms with Gasteiger partial charge in [0.2, 0.25) is 0 Å². The molecule has 3 N–H and O–H groups in total. The first-order valence-corrected chi connectivity index (χ1v) is 5.37. The van der Waals surface area contributed by atoms with Gasteiger partial charge in [0.05, 0.1) is 23.9 Å². The highest BCUT2D eigenvalue weighted by atomic mass is 16.5. The molecule has 2 aromatic rings. The number of nitrogens with two attached hydrogens (primary N) is 1. The van der Waals surface area contributed by atoms with Gasteiger partial charge in [-0.05, 0) is 19.1 Å². The van der Waals surface area contributed by atoms with Crippen molar-refractivity contribution in [1.29, 1.82) is 0 Å². The molecule has 17 heavy (non-hydrogen) atoms. The average Bonchev–Trinajstić information content (AvgIpc) is 2.61. The zero-order chi connectivity index (χ0) is 12.4. The number of aromatic hydroxyl groups is 1. The molecule has 0 spiro atoms. The molecule has 0 aliphatic rings. The second-order valence-electron chi connectivity index (χ2n) is 3.65. The maximum Gasteiger partial charge on any atom is 0.131 e. The monoisotopic (exact) mass is 233 g/mol. The molecular formula is C12H15N3O2. The summed E-state index contributed by atoms with van der Waals surface area (Å²) in [6.07, 6.45) is 1.62. The minimum Gasteiger partial charge on any atom is -0.507 e. The van der Waals surface area contributed by atoms with Crippen molar-refractivity contribution in [3.63, 3.8) is 0 Å². The van der Waals surface area contributed by atoms with Gasteiger partial charge in [-0.15, -0.1) is 0 Å². The van der Waals surface area contributed by atoms with E-state index in [-0.39, 0.29) is 5.75 Å². The summed E-state index contributed by atoms with van der Waals surface area (Å²) in [6.45, 7) is 2.41. The van der Waals surface area contributed by atoms with Crippen LogP contribution in [0.4, 0.5) is 5.82 Å². The molecular weight excluding hydrogens is 218 g/mol. The number of phenolic OH excluding ortho intramolecular Hbond substituents is 1. The Morgan fingerprint density at radius 2 is 2.24 bits per heavy atom. The van der Waals surface area contributed by atoms with Crippen LogP contribution in [0, 0.1) is 0 Å². The Morgan fingerprint density at radius 3 is 2.82 bits per heavy atom. The molecule has 0 aliphatic carbocycles. The van der Waals surface area contributed by atoms with Gasteiger partial charge >= 0.3 is 0 Å². The summed E-state index contributed by atoms with van der Waals surface area (Å²) in [6, 6.07) is 5.13. The Bertz CT molecular complexity index is 535. The minimum absolute atomic E-state index is 0.135. The fourth-order valence-electron chi connectivity index (χ4n) is 1.71. The predicted octanol–water partition coefficient (Wildman–Crippen LogP) is 1.77. The summed E-state index contributed by atoms with van der Waals surface area (Å²) in [4.78, 5) is 0. The lowest BCUT2D eigenvalue weighted by molar-refractivity contribution is 0.339. The first-order valence-electron chi connectivity index (χ1n) is 5.37. The second-order valence-corrected chi connectivity index (χ2v) is 3.65. The third-order valence-electron chi connectivity index (χ3n) is 2.56. The molecule has 5 nitrogen and oxygen atoms in total. The molecule has 0 bridgehead atoms. The Morgan fingerprint density at radius 1 is 1.47 bits per heavy atom. The summed E-state index contributed by atoms with van der Waals surface area (Å²) in [5.41, 5.74) is 7.16. The van der Waals surface area contributed by atoms with E-state index in [1.807, 2.05) is 6.92 Å². The van der Waals surface area contributed by atoms with Gasteiger partial charge in [0, 0.05) is 7.05 Å². The third kappa shape index (κ3) is 1.91. The maximum absolute atomic E-state index is 9.93. The number of hydrogen-bond acceptors (Lipinski definition) is 4. The number of nitrogens with zero attached hydrogens (tertiary/aromatic N) is 2. The molecule has 0 saturated carbocycles. The van der Waals surface area contributed by atoms with Crippen molar-refractivity contribution >= 4 is 5.82 Å². The van der Waals surface area contributed by atoms with Crippen molar-refractivity contribution in [2.24, 2.45) is 7.05 Å². The normalized spacial score (nSPS) is 10.5. The van der Waals surface area contributed by atoms with E-state index in [0.717, 1.165) is 0 Å². The number of anilines is 1. The molecule has 0 saturated heterocycles. The zero-order valence-electron chi connectivity index (χ0n) is 9.84. The van der Waals surface area contributed by atoms with Crippen LogP contribution in [0.15, 0.2) is 24.4 Å². The van der Waals surface area contributed by atoms with Crippen molar-refractivity contribution in [3.8, 4) is 22.6 Å². The van der Waals surface area contributed by atoms with Gasteiger partial charge in [0.15, 0.2) is 0 Å². The second kappa shape index (κ2) is 4.37. The average molecular weight is 233 g/mol. The summed E-state index contributed by atoms with van der Waals surface area (Å²) in [5, 5.41) is 14.0. The van der Waals surface area contributed by atoms with Crippen molar-refractivity contribution in [2.75, 3.05) is 12.3 Å². The molecule has 0 aliphatic heterocycles. The van der Waals surface area contributed by atoms with Crippen molar-refractivity contribution in [2.45, 2.75) is 6.92 Å². The molecule has 0 radical (unpaired) electrons. The van der Waals surface area contributed by atoms with Crippen molar-refractivity contribution < 1.29 is 9.84 Å². The SMILES string of the molecule is CCOc1cccc(O)c1-c1cnn(C)c1N. The Kier molecular flexibility index (Phi) is 2.91. The summed E-state index contributed by atoms with van der Waals surface area (Å²) in [5.74, 6) is 1.23. The predicted molar refractivity (Wildman–Crippen MR) is 65.9 cm³/mol. The van der Waals surface area contributed by atoms with Gasteiger partial charge in [0.25, 0.3) is 0 Å². The van der Waals surface area contributed by atoms with Crippen LogP contribution in [0.5, 0.6) is 11.5 Å². The summed E-state index contributed by atoms with van der Waals surface area (Å²) >= 11 is 0. The van der Waals surface area contributed by atoms with Crippen LogP contribution in [-0.2, 0) is 7.05 Å². The standard InChI is InChI=1S/C12H15N3O2/c1-3-17-10-6-4-5-9(16)11(10)8-7-14-15(2)12(8)13/h4-7,16H,3,13H2,1-2H3. The van der Waals surface area contributed by atoms with Gasteiger partial charge in [-0.25, -0.2) is 0 Å². The topological polar surface area (TPSA) is 73.3 Å². The number of aromatic nitrogens is 2. The van der Waals surface area contributed by atoms with Crippen LogP contribution in [0.25, 0.3) is 11.1 Å². The molecule has 0 amide bonds. The quantitative estimate of drug-likeness (QED) is 0.847. The number of phenols is 1. The molecule has 90 valence electrons. The highest BCUT2D eigenvalue weighted by molar-refractivity contribution is 5.82. The van der Waals surface area contributed by atoms with Gasteiger partial charge in [-0.2, -0.15) is 5.10 Å². The number of rotatable bonds is 3. The molecule has 0 unspecified atom stereocenters. The summed E-state index contributed by atoms with van der Waals surface area (Å²) in [7, 11) is 1.75. The number of benzene rings is 1. The van der Waals surface area contributed by atoms with Crippen LogP contribution < -0.4 is 10.5 Å². The molecule has 1 heterocycles. The van der Waals surface area contributed by atoms with E-state index in [0.29, 0.717) is 29.3 Å². The Labute approximate surface area is 99.4 Å². The van der Waals surface area contributed by atoms with Gasteiger partial charge in [-0.1, -0.05) is 6.07 Å². The van der Waals surface area contributed by atoms with E-state index >= 15 is 0 Å². The highest BCUT2D eigenvalue weighted by Gasteiger charge is 2.16. The fourth-order valence-corrected chi connectivity index (χ4v) is 1.71. The molecule has 5 heteroatoms. The van der Waals surface area contributed by atoms with Crippen LogP contribution in [-0.4, -0.2) is 21.5 Å². The summed E-state index contributed by atoms with van der Waals surface area (Å²) < 4.78 is 7.04. The van der Waals surface area contributed by atoms with E-state index in [4.69, 9.17) is 10.5 Å². The van der Waals surface area contributed by atoms with E-state index in [2.05, 4.69) is 5.10 Å². The maximum atomic E-state index is 9.93.